The summed E-state index contributed by atoms with van der Waals surface area (Å²) in [7, 11) is 0. The molecule has 0 aliphatic heterocycles. The first-order chi connectivity index (χ1) is 8.74. The Labute approximate surface area is 111 Å². The van der Waals surface area contributed by atoms with Crippen molar-refractivity contribution in [3.05, 3.63) is 35.4 Å². The van der Waals surface area contributed by atoms with Crippen LogP contribution in [0.5, 0.6) is 0 Å². The zero-order valence-corrected chi connectivity index (χ0v) is 11.5. The van der Waals surface area contributed by atoms with Crippen LogP contribution in [0.1, 0.15) is 56.1 Å². The highest BCUT2D eigenvalue weighted by Crippen LogP contribution is 2.26. The third-order valence-corrected chi connectivity index (χ3v) is 3.97. The van der Waals surface area contributed by atoms with Gasteiger partial charge < -0.3 is 0 Å². The van der Waals surface area contributed by atoms with Gasteiger partial charge in [0.2, 0.25) is 0 Å². The Morgan fingerprint density at radius 3 is 2.56 bits per heavy atom. The first-order valence-electron chi connectivity index (χ1n) is 7.31. The van der Waals surface area contributed by atoms with Gasteiger partial charge in [0.15, 0.2) is 0 Å². The van der Waals surface area contributed by atoms with Crippen molar-refractivity contribution in [3.8, 4) is 0 Å². The summed E-state index contributed by atoms with van der Waals surface area (Å²) in [5, 5.41) is 0. The van der Waals surface area contributed by atoms with Crippen molar-refractivity contribution in [2.45, 2.75) is 58.3 Å². The maximum Gasteiger partial charge on any atom is 0.137 e. The van der Waals surface area contributed by atoms with E-state index in [0.717, 1.165) is 6.42 Å². The van der Waals surface area contributed by atoms with Gasteiger partial charge in [-0.25, -0.2) is 0 Å². The van der Waals surface area contributed by atoms with Crippen LogP contribution in [0.3, 0.4) is 0 Å². The molecule has 1 aliphatic carbocycles. The minimum atomic E-state index is 0.424. The molecule has 0 saturated heterocycles. The summed E-state index contributed by atoms with van der Waals surface area (Å²) in [6.45, 7) is 2.08. The van der Waals surface area contributed by atoms with E-state index in [9.17, 15) is 4.79 Å². The van der Waals surface area contributed by atoms with Crippen molar-refractivity contribution in [1.29, 1.82) is 0 Å². The quantitative estimate of drug-likeness (QED) is 0.714. The van der Waals surface area contributed by atoms with Crippen molar-refractivity contribution in [2.75, 3.05) is 0 Å². The second-order valence-corrected chi connectivity index (χ2v) is 5.77. The maximum atomic E-state index is 12.1. The van der Waals surface area contributed by atoms with Crippen molar-refractivity contribution >= 4 is 5.78 Å². The largest absolute Gasteiger partial charge is 0.299 e. The number of hydrogen-bond donors (Lipinski definition) is 0. The zero-order chi connectivity index (χ0) is 12.8. The van der Waals surface area contributed by atoms with Crippen LogP contribution in [0.15, 0.2) is 24.3 Å². The van der Waals surface area contributed by atoms with E-state index in [2.05, 4.69) is 25.1 Å². The Morgan fingerprint density at radius 1 is 1.17 bits per heavy atom. The van der Waals surface area contributed by atoms with Crippen LogP contribution in [0.4, 0.5) is 0 Å². The minimum absolute atomic E-state index is 0.424. The summed E-state index contributed by atoms with van der Waals surface area (Å²) >= 11 is 0. The average Bonchev–Trinajstić information content (AvgIpc) is 2.57. The predicted octanol–water partition coefficient (Wildman–Crippen LogP) is 4.47. The van der Waals surface area contributed by atoms with Gasteiger partial charge in [-0.05, 0) is 18.4 Å². The topological polar surface area (TPSA) is 17.1 Å². The molecule has 2 rings (SSSR count). The number of rotatable bonds is 4. The lowest BCUT2D eigenvalue weighted by molar-refractivity contribution is -0.119. The van der Waals surface area contributed by atoms with Crippen molar-refractivity contribution in [3.63, 3.8) is 0 Å². The van der Waals surface area contributed by atoms with Crippen molar-refractivity contribution < 1.29 is 4.79 Å². The molecular weight excluding hydrogens is 220 g/mol. The Morgan fingerprint density at radius 2 is 1.89 bits per heavy atom. The minimum Gasteiger partial charge on any atom is -0.299 e. The Kier molecular flexibility index (Phi) is 4.98. The van der Waals surface area contributed by atoms with Crippen LogP contribution >= 0.6 is 0 Å². The van der Waals surface area contributed by atoms with Gasteiger partial charge in [0.1, 0.15) is 5.78 Å². The SMILES string of the molecule is Cc1cccc(CC(=O)CC2CCCCCC2)c1. The van der Waals surface area contributed by atoms with Gasteiger partial charge in [-0.2, -0.15) is 0 Å². The summed E-state index contributed by atoms with van der Waals surface area (Å²) in [6.07, 6.45) is 9.32. The normalized spacial score (nSPS) is 17.4. The first kappa shape index (κ1) is 13.3. The van der Waals surface area contributed by atoms with Crippen LogP contribution in [-0.2, 0) is 11.2 Å². The molecule has 0 N–H and O–H groups in total. The smallest absolute Gasteiger partial charge is 0.137 e. The number of carbonyl (C=O) groups is 1. The van der Waals surface area contributed by atoms with Crippen LogP contribution in [0, 0.1) is 12.8 Å². The lowest BCUT2D eigenvalue weighted by atomic mass is 9.92. The fraction of sp³-hybridized carbons (Fsp3) is 0.588. The van der Waals surface area contributed by atoms with Gasteiger partial charge in [0.05, 0.1) is 0 Å². The van der Waals surface area contributed by atoms with Crippen molar-refractivity contribution in [1.82, 2.24) is 0 Å². The van der Waals surface area contributed by atoms with E-state index >= 15 is 0 Å². The maximum absolute atomic E-state index is 12.1. The summed E-state index contributed by atoms with van der Waals surface area (Å²) < 4.78 is 0. The molecule has 0 unspecified atom stereocenters. The lowest BCUT2D eigenvalue weighted by Crippen LogP contribution is -2.10. The third kappa shape index (κ3) is 4.29. The van der Waals surface area contributed by atoms with Gasteiger partial charge in [0, 0.05) is 12.8 Å². The second kappa shape index (κ2) is 6.72. The monoisotopic (exact) mass is 244 g/mol. The zero-order valence-electron chi connectivity index (χ0n) is 11.5. The highest BCUT2D eigenvalue weighted by molar-refractivity contribution is 5.81. The fourth-order valence-corrected chi connectivity index (χ4v) is 3.01. The molecule has 1 aromatic rings. The molecule has 0 heterocycles. The van der Waals surface area contributed by atoms with E-state index < -0.39 is 0 Å². The molecule has 98 valence electrons. The first-order valence-corrected chi connectivity index (χ1v) is 7.31. The van der Waals surface area contributed by atoms with Gasteiger partial charge in [-0.1, -0.05) is 68.4 Å². The molecule has 0 aromatic heterocycles. The number of Topliss-reactive ketones (excluding diaryl/α,β-unsaturated/α-hetero) is 1. The molecule has 0 spiro atoms. The molecule has 1 fully saturated rings. The standard InChI is InChI=1S/C17H24O/c1-14-7-6-10-16(11-14)13-17(18)12-15-8-4-2-3-5-9-15/h6-7,10-11,15H,2-5,8-9,12-13H2,1H3. The van der Waals surface area contributed by atoms with E-state index in [-0.39, 0.29) is 0 Å². The molecule has 0 bridgehead atoms. The Hall–Kier alpha value is -1.11. The number of carbonyl (C=O) groups excluding carboxylic acids is 1. The molecule has 1 aliphatic rings. The molecule has 0 radical (unpaired) electrons. The summed E-state index contributed by atoms with van der Waals surface area (Å²) in [4.78, 5) is 12.1. The molecule has 18 heavy (non-hydrogen) atoms. The van der Waals surface area contributed by atoms with Crippen LogP contribution in [0.25, 0.3) is 0 Å². The summed E-state index contributed by atoms with van der Waals surface area (Å²) in [6, 6.07) is 8.33. The third-order valence-electron chi connectivity index (χ3n) is 3.97. The summed E-state index contributed by atoms with van der Waals surface area (Å²) in [5.74, 6) is 1.08. The Balaban J connectivity index is 1.84. The van der Waals surface area contributed by atoms with E-state index in [1.54, 1.807) is 0 Å². The molecular formula is C17H24O. The second-order valence-electron chi connectivity index (χ2n) is 5.77. The molecule has 1 heteroatoms. The number of ketones is 1. The van der Waals surface area contributed by atoms with Gasteiger partial charge in [-0.3, -0.25) is 4.79 Å². The fourth-order valence-electron chi connectivity index (χ4n) is 3.01. The Bertz CT molecular complexity index is 386. The van der Waals surface area contributed by atoms with E-state index in [0.29, 0.717) is 18.1 Å². The van der Waals surface area contributed by atoms with E-state index in [1.807, 2.05) is 6.07 Å². The van der Waals surface area contributed by atoms with Crippen molar-refractivity contribution in [2.24, 2.45) is 5.92 Å². The number of hydrogen-bond acceptors (Lipinski definition) is 1. The number of benzene rings is 1. The molecule has 0 atom stereocenters. The van der Waals surface area contributed by atoms with E-state index in [1.165, 1.54) is 49.7 Å². The molecule has 1 aromatic carbocycles. The highest BCUT2D eigenvalue weighted by atomic mass is 16.1. The van der Waals surface area contributed by atoms with Gasteiger partial charge >= 0.3 is 0 Å². The summed E-state index contributed by atoms with van der Waals surface area (Å²) in [5.41, 5.74) is 2.42. The van der Waals surface area contributed by atoms with Crippen LogP contribution in [-0.4, -0.2) is 5.78 Å². The highest BCUT2D eigenvalue weighted by Gasteiger charge is 2.16. The number of aryl methyl sites for hydroxylation is 1. The van der Waals surface area contributed by atoms with E-state index in [4.69, 9.17) is 0 Å². The van der Waals surface area contributed by atoms with Crippen LogP contribution in [0.2, 0.25) is 0 Å². The average molecular weight is 244 g/mol. The van der Waals surface area contributed by atoms with Gasteiger partial charge in [0.25, 0.3) is 0 Å². The molecule has 1 nitrogen and oxygen atoms in total. The molecule has 0 amide bonds. The predicted molar refractivity (Wildman–Crippen MR) is 75.7 cm³/mol. The van der Waals surface area contributed by atoms with Gasteiger partial charge in [-0.15, -0.1) is 0 Å². The lowest BCUT2D eigenvalue weighted by Gasteiger charge is -2.12. The molecule has 1 saturated carbocycles. The van der Waals surface area contributed by atoms with Crippen LogP contribution < -0.4 is 0 Å².